The third-order valence-corrected chi connectivity index (χ3v) is 8.81. The molecule has 2 amide bonds. The Balaban J connectivity index is 1.42. The zero-order valence-electron chi connectivity index (χ0n) is 29.0. The molecule has 0 bridgehead atoms. The van der Waals surface area contributed by atoms with Crippen LogP contribution in [0.1, 0.15) is 61.9 Å². The minimum atomic E-state index is -0.487. The van der Waals surface area contributed by atoms with Gasteiger partial charge in [0, 0.05) is 47.7 Å². The average Bonchev–Trinajstić information content (AvgIpc) is 3.12. The van der Waals surface area contributed by atoms with Crippen molar-refractivity contribution in [3.05, 3.63) is 148 Å². The van der Waals surface area contributed by atoms with Crippen LogP contribution in [0.15, 0.2) is 120 Å². The van der Waals surface area contributed by atoms with Crippen LogP contribution in [0.3, 0.4) is 0 Å². The summed E-state index contributed by atoms with van der Waals surface area (Å²) in [4.78, 5) is 37.7. The number of carbonyl (C=O) groups excluding carboxylic acids is 1. The van der Waals surface area contributed by atoms with E-state index in [1.165, 1.54) is 0 Å². The third-order valence-electron chi connectivity index (χ3n) is 8.81. The van der Waals surface area contributed by atoms with E-state index >= 15 is 0 Å². The number of nitrogens with one attached hydrogen (secondary N) is 2. The number of fused-ring (bicyclic) bond motifs is 1. The van der Waals surface area contributed by atoms with Gasteiger partial charge in [0.1, 0.15) is 17.1 Å². The molecule has 0 radical (unpaired) electrons. The highest BCUT2D eigenvalue weighted by molar-refractivity contribution is 6.07. The quantitative estimate of drug-likeness (QED) is 0.136. The van der Waals surface area contributed by atoms with E-state index in [0.29, 0.717) is 43.0 Å². The van der Waals surface area contributed by atoms with Crippen LogP contribution >= 0.6 is 0 Å². The predicted octanol–water partition coefficient (Wildman–Crippen LogP) is 9.21. The van der Waals surface area contributed by atoms with Crippen molar-refractivity contribution in [3.8, 4) is 16.9 Å². The second kappa shape index (κ2) is 15.6. The minimum absolute atomic E-state index is 0.176. The first-order valence-corrected chi connectivity index (χ1v) is 17.2. The van der Waals surface area contributed by atoms with Crippen molar-refractivity contribution in [2.24, 2.45) is 0 Å². The molecule has 6 aromatic rings. The number of anilines is 2. The van der Waals surface area contributed by atoms with Gasteiger partial charge in [-0.2, -0.15) is 0 Å². The zero-order chi connectivity index (χ0) is 35.0. The number of para-hydroxylation sites is 1. The van der Waals surface area contributed by atoms with E-state index < -0.39 is 6.03 Å². The fourth-order valence-corrected chi connectivity index (χ4v) is 6.30. The number of nitrogens with zero attached hydrogens (tertiary/aromatic N) is 3. The number of hydrogen-bond donors (Lipinski definition) is 2. The first-order chi connectivity index (χ1) is 24.3. The summed E-state index contributed by atoms with van der Waals surface area (Å²) in [5.41, 5.74) is 6.57. The van der Waals surface area contributed by atoms with Crippen molar-refractivity contribution < 1.29 is 9.53 Å². The third kappa shape index (κ3) is 7.76. The molecule has 50 heavy (non-hydrogen) atoms. The van der Waals surface area contributed by atoms with Crippen molar-refractivity contribution in [1.29, 1.82) is 0 Å². The van der Waals surface area contributed by atoms with E-state index in [4.69, 9.17) is 9.72 Å². The van der Waals surface area contributed by atoms with Gasteiger partial charge in [0.25, 0.3) is 5.56 Å². The van der Waals surface area contributed by atoms with E-state index in [-0.39, 0.29) is 23.1 Å². The van der Waals surface area contributed by atoms with Gasteiger partial charge in [-0.25, -0.2) is 9.78 Å². The van der Waals surface area contributed by atoms with Crippen LogP contribution < -0.4 is 20.9 Å². The molecule has 0 saturated heterocycles. The zero-order valence-corrected chi connectivity index (χ0v) is 29.0. The van der Waals surface area contributed by atoms with Crippen molar-refractivity contribution in [3.63, 3.8) is 0 Å². The highest BCUT2D eigenvalue weighted by Gasteiger charge is 2.23. The maximum atomic E-state index is 14.6. The van der Waals surface area contributed by atoms with Crippen LogP contribution in [-0.4, -0.2) is 27.2 Å². The summed E-state index contributed by atoms with van der Waals surface area (Å²) in [7, 11) is 0. The molecule has 3 aromatic carbocycles. The Labute approximate surface area is 293 Å². The summed E-state index contributed by atoms with van der Waals surface area (Å²) < 4.78 is 7.82. The number of hydrogen-bond acceptors (Lipinski definition) is 5. The Morgan fingerprint density at radius 2 is 1.44 bits per heavy atom. The molecule has 8 heteroatoms. The molecule has 3 heterocycles. The monoisotopic (exact) mass is 665 g/mol. The Morgan fingerprint density at radius 1 is 0.740 bits per heavy atom. The predicted molar refractivity (Wildman–Crippen MR) is 202 cm³/mol. The lowest BCUT2D eigenvalue weighted by Gasteiger charge is -2.22. The molecule has 0 aliphatic heterocycles. The Kier molecular flexibility index (Phi) is 10.7. The Bertz CT molecular complexity index is 2120. The molecule has 0 spiro atoms. The Hall–Kier alpha value is -5.76. The van der Waals surface area contributed by atoms with Crippen molar-refractivity contribution in [2.45, 2.75) is 58.9 Å². The fourth-order valence-electron chi connectivity index (χ4n) is 6.30. The van der Waals surface area contributed by atoms with Crippen LogP contribution in [0.5, 0.6) is 5.75 Å². The van der Waals surface area contributed by atoms with Crippen molar-refractivity contribution >= 4 is 28.4 Å². The lowest BCUT2D eigenvalue weighted by molar-refractivity contribution is 0.262. The molecule has 6 rings (SSSR count). The van der Waals surface area contributed by atoms with Gasteiger partial charge in [-0.3, -0.25) is 14.3 Å². The summed E-state index contributed by atoms with van der Waals surface area (Å²) in [6.07, 6.45) is 4.74. The molecular formula is C42H43N5O3. The summed E-state index contributed by atoms with van der Waals surface area (Å²) >= 11 is 0. The largest absolute Gasteiger partial charge is 0.493 e. The maximum absolute atomic E-state index is 14.6. The van der Waals surface area contributed by atoms with Crippen LogP contribution in [0.2, 0.25) is 0 Å². The maximum Gasteiger partial charge on any atom is 0.323 e. The lowest BCUT2D eigenvalue weighted by atomic mass is 9.93. The molecule has 8 nitrogen and oxygen atoms in total. The number of aromatic nitrogens is 3. The second-order valence-corrected chi connectivity index (χ2v) is 13.0. The summed E-state index contributed by atoms with van der Waals surface area (Å²) in [6, 6.07) is 32.9. The van der Waals surface area contributed by atoms with Gasteiger partial charge >= 0.3 is 6.03 Å². The second-order valence-electron chi connectivity index (χ2n) is 13.0. The summed E-state index contributed by atoms with van der Waals surface area (Å²) in [6.45, 7) is 9.24. The van der Waals surface area contributed by atoms with E-state index in [1.807, 2.05) is 103 Å². The summed E-state index contributed by atoms with van der Waals surface area (Å²) in [5, 5.41) is 6.89. The molecular weight excluding hydrogens is 622 g/mol. The molecule has 3 aromatic heterocycles. The van der Waals surface area contributed by atoms with E-state index in [9.17, 15) is 9.59 Å². The molecule has 2 N–H and O–H groups in total. The number of pyridine rings is 3. The topological polar surface area (TPSA) is 98.1 Å². The SMILES string of the molecule is CC(C)c1cccc(C(C)C)c1NC(=O)Nc1c(-c2cccc(OCCc3ccccn3)c2)c2cccnc2n(CCc2ccccc2)c1=O. The number of rotatable bonds is 12. The van der Waals surface area contributed by atoms with Gasteiger partial charge in [0.15, 0.2) is 0 Å². The molecule has 0 atom stereocenters. The van der Waals surface area contributed by atoms with Crippen LogP contribution in [0, 0.1) is 0 Å². The van der Waals surface area contributed by atoms with Gasteiger partial charge in [0.2, 0.25) is 0 Å². The van der Waals surface area contributed by atoms with Gasteiger partial charge in [-0.05, 0) is 76.9 Å². The normalized spacial score (nSPS) is 11.2. The number of aryl methyl sites for hydroxylation is 2. The smallest absolute Gasteiger partial charge is 0.323 e. The number of amides is 2. The number of ether oxygens (including phenoxy) is 1. The number of benzene rings is 3. The summed E-state index contributed by atoms with van der Waals surface area (Å²) in [5.74, 6) is 1.01. The first-order valence-electron chi connectivity index (χ1n) is 17.2. The van der Waals surface area contributed by atoms with Crippen molar-refractivity contribution in [1.82, 2.24) is 14.5 Å². The Morgan fingerprint density at radius 3 is 2.16 bits per heavy atom. The first kappa shape index (κ1) is 34.1. The van der Waals surface area contributed by atoms with Crippen LogP contribution in [-0.2, 0) is 19.4 Å². The van der Waals surface area contributed by atoms with E-state index in [2.05, 4.69) is 43.3 Å². The van der Waals surface area contributed by atoms with Gasteiger partial charge in [0.05, 0.1) is 6.61 Å². The van der Waals surface area contributed by atoms with Crippen molar-refractivity contribution in [2.75, 3.05) is 17.2 Å². The highest BCUT2D eigenvalue weighted by atomic mass is 16.5. The van der Waals surface area contributed by atoms with Gasteiger partial charge in [-0.15, -0.1) is 0 Å². The fraction of sp³-hybridized carbons (Fsp3) is 0.238. The van der Waals surface area contributed by atoms with E-state index in [0.717, 1.165) is 39.0 Å². The van der Waals surface area contributed by atoms with Crippen LogP contribution in [0.4, 0.5) is 16.2 Å². The highest BCUT2D eigenvalue weighted by Crippen LogP contribution is 2.36. The van der Waals surface area contributed by atoms with E-state index in [1.54, 1.807) is 17.0 Å². The molecule has 0 fully saturated rings. The molecule has 0 aliphatic rings. The molecule has 0 unspecified atom stereocenters. The number of carbonyl (C=O) groups is 1. The number of urea groups is 1. The molecule has 254 valence electrons. The molecule has 0 saturated carbocycles. The average molecular weight is 666 g/mol. The molecule has 0 aliphatic carbocycles. The standard InChI is InChI=1S/C42H43N5O3/c1-28(2)34-18-11-19-35(29(3)4)38(34)45-42(49)46-39-37(31-15-10-17-33(27-31)50-26-22-32-16-8-9-23-43-32)36-20-12-24-44-40(36)47(41(39)48)25-21-30-13-6-5-7-14-30/h5-20,23-24,27-29H,21-22,25-26H2,1-4H3,(H2,45,46,49). The van der Waals surface area contributed by atoms with Gasteiger partial charge in [-0.1, -0.05) is 94.4 Å². The van der Waals surface area contributed by atoms with Crippen LogP contribution in [0.25, 0.3) is 22.2 Å². The minimum Gasteiger partial charge on any atom is -0.493 e. The van der Waals surface area contributed by atoms with Gasteiger partial charge < -0.3 is 15.4 Å². The lowest BCUT2D eigenvalue weighted by Crippen LogP contribution is -2.30.